The lowest BCUT2D eigenvalue weighted by molar-refractivity contribution is 0.0955. The normalized spacial score (nSPS) is 15.4. The number of likely N-dealkylation sites (N-methyl/N-ethyl adjacent to an activating group) is 1. The van der Waals surface area contributed by atoms with Crippen LogP contribution >= 0.6 is 11.6 Å². The van der Waals surface area contributed by atoms with Crippen LogP contribution in [0.15, 0.2) is 47.6 Å². The Kier molecular flexibility index (Phi) is 5.57. The van der Waals surface area contributed by atoms with Gasteiger partial charge in [0.05, 0.1) is 16.8 Å². The summed E-state index contributed by atoms with van der Waals surface area (Å²) in [5, 5.41) is 4.56. The van der Waals surface area contributed by atoms with E-state index in [-0.39, 0.29) is 5.54 Å². The molecule has 0 unspecified atom stereocenters. The molecule has 6 heteroatoms. The zero-order valence-electron chi connectivity index (χ0n) is 16.4. The van der Waals surface area contributed by atoms with Crippen molar-refractivity contribution < 1.29 is 9.18 Å². The average molecular weight is 400 g/mol. The van der Waals surface area contributed by atoms with Crippen molar-refractivity contribution >= 4 is 35.0 Å². The first-order chi connectivity index (χ1) is 13.2. The van der Waals surface area contributed by atoms with E-state index in [4.69, 9.17) is 11.6 Å². The topological polar surface area (TPSA) is 44.7 Å². The van der Waals surface area contributed by atoms with Crippen LogP contribution in [-0.4, -0.2) is 24.2 Å². The highest BCUT2D eigenvalue weighted by molar-refractivity contribution is 6.33. The van der Waals surface area contributed by atoms with E-state index in [2.05, 4.69) is 49.2 Å². The van der Waals surface area contributed by atoms with Gasteiger partial charge in [-0.3, -0.25) is 4.79 Å². The summed E-state index contributed by atoms with van der Waals surface area (Å²) >= 11 is 6.48. The molecule has 0 saturated carbocycles. The maximum Gasteiger partial charge on any atom is 0.271 e. The number of fused-ring (bicyclic) bond motifs is 1. The summed E-state index contributed by atoms with van der Waals surface area (Å²) < 4.78 is 13.0. The van der Waals surface area contributed by atoms with E-state index in [0.29, 0.717) is 16.1 Å². The van der Waals surface area contributed by atoms with Gasteiger partial charge in [0.2, 0.25) is 0 Å². The first-order valence-electron chi connectivity index (χ1n) is 9.13. The first kappa shape index (κ1) is 20.1. The Morgan fingerprint density at radius 2 is 1.96 bits per heavy atom. The number of halogens is 2. The van der Waals surface area contributed by atoms with Gasteiger partial charge < -0.3 is 4.90 Å². The van der Waals surface area contributed by atoms with Crippen LogP contribution in [-0.2, 0) is 0 Å². The average Bonchev–Trinajstić information content (AvgIpc) is 2.62. The van der Waals surface area contributed by atoms with Crippen LogP contribution < -0.4 is 10.3 Å². The number of nitrogens with one attached hydrogen (secondary N) is 1. The predicted molar refractivity (Wildman–Crippen MR) is 114 cm³/mol. The van der Waals surface area contributed by atoms with E-state index in [1.165, 1.54) is 36.1 Å². The summed E-state index contributed by atoms with van der Waals surface area (Å²) in [6, 6.07) is 9.20. The molecule has 2 aromatic carbocycles. The van der Waals surface area contributed by atoms with Gasteiger partial charge in [-0.25, -0.2) is 9.82 Å². The fourth-order valence-corrected chi connectivity index (χ4v) is 3.82. The zero-order chi connectivity index (χ0) is 20.5. The number of hydrogen-bond acceptors (Lipinski definition) is 3. The minimum absolute atomic E-state index is 0.0894. The summed E-state index contributed by atoms with van der Waals surface area (Å²) in [5.41, 5.74) is 6.75. The van der Waals surface area contributed by atoms with Crippen LogP contribution in [0.25, 0.3) is 5.57 Å². The highest BCUT2D eigenvalue weighted by Gasteiger charge is 2.30. The van der Waals surface area contributed by atoms with Gasteiger partial charge in [0.1, 0.15) is 5.82 Å². The summed E-state index contributed by atoms with van der Waals surface area (Å²) in [6.45, 7) is 9.42. The molecule has 4 nitrogen and oxygen atoms in total. The van der Waals surface area contributed by atoms with Crippen LogP contribution in [0.1, 0.15) is 49.2 Å². The molecular formula is C22H23ClFN3O. The number of allylic oxidation sites excluding steroid dienone is 1. The van der Waals surface area contributed by atoms with Gasteiger partial charge in [-0.05, 0) is 69.7 Å². The van der Waals surface area contributed by atoms with Crippen LogP contribution in [0.5, 0.6) is 0 Å². The Hall–Kier alpha value is -2.66. The van der Waals surface area contributed by atoms with Gasteiger partial charge in [-0.15, -0.1) is 0 Å². The number of benzene rings is 2. The lowest BCUT2D eigenvalue weighted by Gasteiger charge is -2.43. The Bertz CT molecular complexity index is 964. The van der Waals surface area contributed by atoms with Crippen molar-refractivity contribution in [3.8, 4) is 0 Å². The third-order valence-corrected chi connectivity index (χ3v) is 5.22. The summed E-state index contributed by atoms with van der Waals surface area (Å²) in [4.78, 5) is 14.4. The van der Waals surface area contributed by atoms with Crippen LogP contribution in [0, 0.1) is 5.82 Å². The third kappa shape index (κ3) is 3.94. The van der Waals surface area contributed by atoms with Crippen LogP contribution in [0.4, 0.5) is 10.1 Å². The number of nitrogens with zero attached hydrogens (tertiary/aromatic N) is 2. The number of hydrazone groups is 1. The third-order valence-electron chi connectivity index (χ3n) is 4.89. The lowest BCUT2D eigenvalue weighted by atomic mass is 9.88. The fourth-order valence-electron chi connectivity index (χ4n) is 3.62. The molecule has 0 bridgehead atoms. The molecule has 0 saturated heterocycles. The van der Waals surface area contributed by atoms with Crippen molar-refractivity contribution in [3.63, 3.8) is 0 Å². The Balaban J connectivity index is 1.84. The van der Waals surface area contributed by atoms with Gasteiger partial charge in [0.25, 0.3) is 5.91 Å². The fraction of sp³-hybridized carbons (Fsp3) is 0.273. The minimum Gasteiger partial charge on any atom is -0.363 e. The van der Waals surface area contributed by atoms with Crippen LogP contribution in [0.3, 0.4) is 0 Å². The molecule has 0 aliphatic carbocycles. The van der Waals surface area contributed by atoms with Crippen LogP contribution in [0.2, 0.25) is 5.02 Å². The number of carbonyl (C=O) groups is 1. The molecule has 146 valence electrons. The maximum absolute atomic E-state index is 13.0. The predicted octanol–water partition coefficient (Wildman–Crippen LogP) is 5.26. The SMILES string of the molecule is CCN1c2cc(Cl)c(/C=N\NC(=O)c3ccc(F)cc3)cc2C(C)=CC1(C)C. The second-order valence-electron chi connectivity index (χ2n) is 7.32. The van der Waals surface area contributed by atoms with Crippen molar-refractivity contribution in [2.75, 3.05) is 11.4 Å². The molecule has 1 N–H and O–H groups in total. The molecule has 0 radical (unpaired) electrons. The van der Waals surface area contributed by atoms with E-state index >= 15 is 0 Å². The number of rotatable bonds is 4. The van der Waals surface area contributed by atoms with Gasteiger partial charge in [-0.2, -0.15) is 5.10 Å². The van der Waals surface area contributed by atoms with Gasteiger partial charge in [-0.1, -0.05) is 17.7 Å². The highest BCUT2D eigenvalue weighted by atomic mass is 35.5. The number of hydrogen-bond donors (Lipinski definition) is 1. The molecule has 0 spiro atoms. The minimum atomic E-state index is -0.416. The largest absolute Gasteiger partial charge is 0.363 e. The number of amides is 1. The Labute approximate surface area is 169 Å². The van der Waals surface area contributed by atoms with E-state index in [9.17, 15) is 9.18 Å². The molecule has 2 aromatic rings. The van der Waals surface area contributed by atoms with Gasteiger partial charge in [0, 0.05) is 28.9 Å². The van der Waals surface area contributed by atoms with Crippen molar-refractivity contribution in [1.82, 2.24) is 5.43 Å². The molecule has 0 fully saturated rings. The molecule has 28 heavy (non-hydrogen) atoms. The molecule has 0 aromatic heterocycles. The van der Waals surface area contributed by atoms with Crippen molar-refractivity contribution in [2.45, 2.75) is 33.2 Å². The molecule has 1 aliphatic rings. The molecule has 1 heterocycles. The van der Waals surface area contributed by atoms with E-state index in [1.807, 2.05) is 12.1 Å². The second kappa shape index (κ2) is 7.76. The van der Waals surface area contributed by atoms with E-state index in [1.54, 1.807) is 0 Å². The van der Waals surface area contributed by atoms with Gasteiger partial charge >= 0.3 is 0 Å². The Morgan fingerprint density at radius 1 is 1.29 bits per heavy atom. The molecular weight excluding hydrogens is 377 g/mol. The lowest BCUT2D eigenvalue weighted by Crippen LogP contribution is -2.44. The first-order valence-corrected chi connectivity index (χ1v) is 9.50. The summed E-state index contributed by atoms with van der Waals surface area (Å²) in [6.07, 6.45) is 3.76. The molecule has 1 aliphatic heterocycles. The van der Waals surface area contributed by atoms with Crippen molar-refractivity contribution in [3.05, 3.63) is 70.0 Å². The second-order valence-corrected chi connectivity index (χ2v) is 7.73. The quantitative estimate of drug-likeness (QED) is 0.562. The maximum atomic E-state index is 13.0. The standard InChI is InChI=1S/C22H23ClFN3O/c1-5-27-20-11-19(23)16(10-18(20)14(2)12-22(27,3)4)13-25-26-21(28)15-6-8-17(24)9-7-15/h6-13H,5H2,1-4H3,(H,26,28)/b25-13-. The number of carbonyl (C=O) groups excluding carboxylic acids is 1. The van der Waals surface area contributed by atoms with Crippen molar-refractivity contribution in [2.24, 2.45) is 5.10 Å². The summed E-state index contributed by atoms with van der Waals surface area (Å²) in [5.74, 6) is -0.811. The summed E-state index contributed by atoms with van der Waals surface area (Å²) in [7, 11) is 0. The highest BCUT2D eigenvalue weighted by Crippen LogP contribution is 2.40. The monoisotopic (exact) mass is 399 g/mol. The van der Waals surface area contributed by atoms with E-state index < -0.39 is 11.7 Å². The Morgan fingerprint density at radius 3 is 2.61 bits per heavy atom. The number of anilines is 1. The molecule has 1 amide bonds. The molecule has 3 rings (SSSR count). The van der Waals surface area contributed by atoms with Crippen molar-refractivity contribution in [1.29, 1.82) is 0 Å². The van der Waals surface area contributed by atoms with E-state index in [0.717, 1.165) is 17.8 Å². The zero-order valence-corrected chi connectivity index (χ0v) is 17.1. The molecule has 0 atom stereocenters. The smallest absolute Gasteiger partial charge is 0.271 e. The van der Waals surface area contributed by atoms with Gasteiger partial charge in [0.15, 0.2) is 0 Å².